The zero-order valence-electron chi connectivity index (χ0n) is 10.9. The molecule has 2 heterocycles. The average molecular weight is 300 g/mol. The number of benzene rings is 1. The third-order valence-electron chi connectivity index (χ3n) is 2.77. The van der Waals surface area contributed by atoms with Crippen molar-refractivity contribution < 1.29 is 42.5 Å². The number of hydrogen-bond donors (Lipinski definition) is 0. The van der Waals surface area contributed by atoms with Crippen LogP contribution in [0.5, 0.6) is 0 Å². The molecule has 0 atom stereocenters. The predicted molar refractivity (Wildman–Crippen MR) is 65.6 cm³/mol. The fraction of sp³-hybridized carbons (Fsp3) is 0.182. The van der Waals surface area contributed by atoms with E-state index < -0.39 is 10.1 Å². The van der Waals surface area contributed by atoms with Crippen LogP contribution >= 0.6 is 0 Å². The fourth-order valence-corrected chi connectivity index (χ4v) is 2.45. The van der Waals surface area contributed by atoms with Gasteiger partial charge in [0.15, 0.2) is 11.6 Å². The molecule has 7 nitrogen and oxygen atoms in total. The molecule has 0 spiro atoms. The van der Waals surface area contributed by atoms with Crippen LogP contribution in [0.2, 0.25) is 0 Å². The molecule has 0 radical (unpaired) electrons. The van der Waals surface area contributed by atoms with Crippen molar-refractivity contribution in [2.75, 3.05) is 0 Å². The van der Waals surface area contributed by atoms with Gasteiger partial charge in [-0.2, -0.15) is 9.78 Å². The van der Waals surface area contributed by atoms with Gasteiger partial charge in [0.25, 0.3) is 0 Å². The summed E-state index contributed by atoms with van der Waals surface area (Å²) in [5.41, 5.74) is 1.40. The van der Waals surface area contributed by atoms with E-state index in [9.17, 15) is 13.0 Å². The first-order chi connectivity index (χ1) is 8.95. The topological polar surface area (TPSA) is 100 Å². The monoisotopic (exact) mass is 300 g/mol. The van der Waals surface area contributed by atoms with Crippen molar-refractivity contribution in [3.63, 3.8) is 0 Å². The van der Waals surface area contributed by atoms with Gasteiger partial charge in [-0.3, -0.25) is 0 Å². The van der Waals surface area contributed by atoms with Crippen molar-refractivity contribution in [1.29, 1.82) is 0 Å². The molecular formula is C11H9N4NaO3S. The minimum absolute atomic E-state index is 0. The Bertz CT molecular complexity index is 798. The second-order valence-electron chi connectivity index (χ2n) is 4.25. The Hall–Kier alpha value is -1.06. The van der Waals surface area contributed by atoms with Gasteiger partial charge in [0, 0.05) is 17.7 Å². The third kappa shape index (κ3) is 2.70. The Morgan fingerprint density at radius 1 is 1.30 bits per heavy atom. The first-order valence-corrected chi connectivity index (χ1v) is 6.91. The van der Waals surface area contributed by atoms with Crippen molar-refractivity contribution >= 4 is 15.8 Å². The first kappa shape index (κ1) is 15.3. The summed E-state index contributed by atoms with van der Waals surface area (Å²) in [7, 11) is -4.48. The van der Waals surface area contributed by atoms with Crippen molar-refractivity contribution in [2.24, 2.45) is 5.10 Å². The Labute approximate surface area is 137 Å². The average Bonchev–Trinajstić information content (AvgIpc) is 2.86. The van der Waals surface area contributed by atoms with Crippen molar-refractivity contribution in [3.05, 3.63) is 30.1 Å². The zero-order chi connectivity index (χ0) is 13.6. The van der Waals surface area contributed by atoms with Crippen LogP contribution in [0.25, 0.3) is 11.4 Å². The molecule has 0 saturated heterocycles. The molecule has 0 bridgehead atoms. The number of rotatable bonds is 2. The van der Waals surface area contributed by atoms with E-state index in [1.54, 1.807) is 10.7 Å². The van der Waals surface area contributed by atoms with Crippen LogP contribution in [-0.2, 0) is 16.5 Å². The van der Waals surface area contributed by atoms with Crippen LogP contribution in [0.4, 0.5) is 0 Å². The number of nitrogens with zero attached hydrogens (tertiary/aromatic N) is 4. The molecule has 20 heavy (non-hydrogen) atoms. The van der Waals surface area contributed by atoms with Crippen molar-refractivity contribution in [2.45, 2.75) is 18.2 Å². The minimum Gasteiger partial charge on any atom is -0.744 e. The minimum atomic E-state index is -4.48. The van der Waals surface area contributed by atoms with E-state index in [2.05, 4.69) is 15.3 Å². The second kappa shape index (κ2) is 5.38. The van der Waals surface area contributed by atoms with Gasteiger partial charge in [0.05, 0.1) is 4.90 Å². The van der Waals surface area contributed by atoms with E-state index in [0.29, 0.717) is 23.6 Å². The summed E-state index contributed by atoms with van der Waals surface area (Å²) >= 11 is 0. The summed E-state index contributed by atoms with van der Waals surface area (Å²) in [4.78, 5) is -0.291. The van der Waals surface area contributed by atoms with Gasteiger partial charge >= 0.3 is 29.6 Å². The second-order valence-corrected chi connectivity index (χ2v) is 5.63. The van der Waals surface area contributed by atoms with E-state index in [-0.39, 0.29) is 34.5 Å². The number of hydrogen-bond acceptors (Lipinski definition) is 6. The molecule has 0 N–H and O–H groups in total. The molecular weight excluding hydrogens is 291 g/mol. The molecule has 1 aliphatic rings. The van der Waals surface area contributed by atoms with Gasteiger partial charge in [0.2, 0.25) is 0 Å². The Kier molecular flexibility index (Phi) is 4.12. The smallest absolute Gasteiger partial charge is 0.744 e. The van der Waals surface area contributed by atoms with Gasteiger partial charge in [-0.1, -0.05) is 12.1 Å². The quantitative estimate of drug-likeness (QED) is 0.456. The van der Waals surface area contributed by atoms with E-state index >= 15 is 0 Å². The molecule has 0 saturated carbocycles. The largest absolute Gasteiger partial charge is 1.00 e. The van der Waals surface area contributed by atoms with Gasteiger partial charge in [-0.15, -0.1) is 10.2 Å². The van der Waals surface area contributed by atoms with Crippen LogP contribution in [0.1, 0.15) is 12.7 Å². The third-order valence-corrected chi connectivity index (χ3v) is 3.60. The van der Waals surface area contributed by atoms with Crippen molar-refractivity contribution in [1.82, 2.24) is 14.9 Å². The Morgan fingerprint density at radius 3 is 2.75 bits per heavy atom. The van der Waals surface area contributed by atoms with Crippen LogP contribution in [0.3, 0.4) is 0 Å². The zero-order valence-corrected chi connectivity index (χ0v) is 13.8. The van der Waals surface area contributed by atoms with E-state index in [1.807, 2.05) is 6.92 Å². The standard InChI is InChI=1S/C11H10N4O3S.Na/c1-7-5-10-12-13-11(15(10)14-7)8-3-2-4-9(6-8)19(16,17)18;/h2-4,6H,5H2,1H3,(H,16,17,18);/q;+1/p-1. The molecule has 3 rings (SSSR count). The summed E-state index contributed by atoms with van der Waals surface area (Å²) < 4.78 is 34.6. The van der Waals surface area contributed by atoms with E-state index in [4.69, 9.17) is 0 Å². The van der Waals surface area contributed by atoms with Crippen LogP contribution in [-0.4, -0.2) is 33.6 Å². The molecule has 1 aromatic carbocycles. The summed E-state index contributed by atoms with van der Waals surface area (Å²) in [5, 5.41) is 12.2. The summed E-state index contributed by atoms with van der Waals surface area (Å²) in [6.07, 6.45) is 0.618. The molecule has 0 fully saturated rings. The van der Waals surface area contributed by atoms with Crippen LogP contribution < -0.4 is 29.6 Å². The van der Waals surface area contributed by atoms with Gasteiger partial charge in [-0.25, -0.2) is 8.42 Å². The molecule has 0 amide bonds. The van der Waals surface area contributed by atoms with Gasteiger partial charge in [0.1, 0.15) is 10.1 Å². The number of fused-ring (bicyclic) bond motifs is 1. The molecule has 0 aliphatic carbocycles. The first-order valence-electron chi connectivity index (χ1n) is 5.50. The maximum absolute atomic E-state index is 11.0. The molecule has 1 aliphatic heterocycles. The van der Waals surface area contributed by atoms with Crippen LogP contribution in [0, 0.1) is 0 Å². The van der Waals surface area contributed by atoms with Gasteiger partial charge < -0.3 is 4.55 Å². The van der Waals surface area contributed by atoms with Gasteiger partial charge in [-0.05, 0) is 19.1 Å². The fourth-order valence-electron chi connectivity index (χ4n) is 1.93. The number of aromatic nitrogens is 3. The van der Waals surface area contributed by atoms with E-state index in [0.717, 1.165) is 5.71 Å². The Balaban J connectivity index is 0.00000147. The summed E-state index contributed by atoms with van der Waals surface area (Å²) in [6.45, 7) is 1.87. The summed E-state index contributed by atoms with van der Waals surface area (Å²) in [6, 6.07) is 5.69. The maximum atomic E-state index is 11.0. The molecule has 2 aromatic rings. The molecule has 0 unspecified atom stereocenters. The maximum Gasteiger partial charge on any atom is 1.00 e. The SMILES string of the molecule is CC1=Nn2c(nnc2-c2cccc(S(=O)(=O)[O-])c2)C1.[Na+]. The molecule has 98 valence electrons. The Morgan fingerprint density at radius 2 is 2.05 bits per heavy atom. The summed E-state index contributed by atoms with van der Waals surface area (Å²) in [5.74, 6) is 1.13. The normalized spacial score (nSPS) is 13.6. The molecule has 9 heteroatoms. The molecule has 1 aromatic heterocycles. The van der Waals surface area contributed by atoms with E-state index in [1.165, 1.54) is 18.2 Å². The van der Waals surface area contributed by atoms with Crippen molar-refractivity contribution in [3.8, 4) is 11.4 Å². The van der Waals surface area contributed by atoms with Crippen LogP contribution in [0.15, 0.2) is 34.3 Å². The predicted octanol–water partition coefficient (Wildman–Crippen LogP) is -2.37.